The number of hydrogen-bond donors (Lipinski definition) is 1. The molecule has 2 fully saturated rings. The van der Waals surface area contributed by atoms with Gasteiger partial charge in [0.1, 0.15) is 12.4 Å². The Hall–Kier alpha value is -3.58. The maximum absolute atomic E-state index is 13.1. The van der Waals surface area contributed by atoms with Crippen LogP contribution in [0, 0.1) is 0 Å². The molecular formula is C29H34N4O3. The van der Waals surface area contributed by atoms with Gasteiger partial charge in [0, 0.05) is 36.5 Å². The van der Waals surface area contributed by atoms with Gasteiger partial charge < -0.3 is 25.0 Å². The summed E-state index contributed by atoms with van der Waals surface area (Å²) in [6, 6.07) is 18.0. The van der Waals surface area contributed by atoms with Gasteiger partial charge in [-0.3, -0.25) is 4.79 Å². The largest absolute Gasteiger partial charge is 0.497 e. The highest BCUT2D eigenvalue weighted by Gasteiger charge is 2.28. The first-order chi connectivity index (χ1) is 17.6. The number of pyridine rings is 1. The van der Waals surface area contributed by atoms with E-state index in [0.717, 1.165) is 53.9 Å². The van der Waals surface area contributed by atoms with Crippen molar-refractivity contribution in [2.75, 3.05) is 39.0 Å². The number of piperidine rings is 1. The van der Waals surface area contributed by atoms with E-state index < -0.39 is 0 Å². The van der Waals surface area contributed by atoms with Gasteiger partial charge in [-0.1, -0.05) is 24.3 Å². The molecule has 2 aliphatic heterocycles. The van der Waals surface area contributed by atoms with Gasteiger partial charge in [-0.25, -0.2) is 4.98 Å². The van der Waals surface area contributed by atoms with Crippen LogP contribution in [0.3, 0.4) is 0 Å². The zero-order chi connectivity index (χ0) is 24.9. The number of methoxy groups -OCH3 is 1. The number of nitrogen functional groups attached to an aromatic ring is 1. The van der Waals surface area contributed by atoms with Crippen molar-refractivity contribution < 1.29 is 14.3 Å². The molecule has 0 saturated carbocycles. The summed E-state index contributed by atoms with van der Waals surface area (Å²) in [5.41, 5.74) is 9.61. The number of carbonyl (C=O) groups excluding carboxylic acids is 1. The fourth-order valence-electron chi connectivity index (χ4n) is 5.18. The fraction of sp³-hybridized carbons (Fsp3) is 0.379. The van der Waals surface area contributed by atoms with E-state index in [-0.39, 0.29) is 5.91 Å². The lowest BCUT2D eigenvalue weighted by molar-refractivity contribution is 0.0644. The second-order valence-electron chi connectivity index (χ2n) is 9.59. The van der Waals surface area contributed by atoms with Gasteiger partial charge in [0.2, 0.25) is 0 Å². The number of likely N-dealkylation sites (tertiary alicyclic amines) is 2. The molecule has 5 rings (SSSR count). The fourth-order valence-corrected chi connectivity index (χ4v) is 5.18. The average Bonchev–Trinajstić information content (AvgIpc) is 3.48. The summed E-state index contributed by atoms with van der Waals surface area (Å²) in [6.07, 6.45) is 6.49. The third kappa shape index (κ3) is 5.46. The number of ether oxygens (including phenoxy) is 2. The first-order valence-corrected chi connectivity index (χ1v) is 12.8. The Kier molecular flexibility index (Phi) is 7.37. The number of nitrogens with two attached hydrogens (primary N) is 1. The van der Waals surface area contributed by atoms with Crippen molar-refractivity contribution in [3.05, 3.63) is 71.9 Å². The first-order valence-electron chi connectivity index (χ1n) is 12.8. The van der Waals surface area contributed by atoms with Crippen LogP contribution in [-0.4, -0.2) is 60.0 Å². The number of aromatic nitrogens is 1. The Balaban J connectivity index is 1.22. The molecule has 0 spiro atoms. The molecule has 3 heterocycles. The molecule has 2 saturated heterocycles. The van der Waals surface area contributed by atoms with Crippen molar-refractivity contribution in [3.8, 4) is 22.6 Å². The van der Waals surface area contributed by atoms with Gasteiger partial charge in [0.15, 0.2) is 11.6 Å². The molecule has 0 radical (unpaired) electrons. The third-order valence-corrected chi connectivity index (χ3v) is 7.28. The summed E-state index contributed by atoms with van der Waals surface area (Å²) in [5, 5.41) is 0. The molecule has 1 amide bonds. The molecule has 36 heavy (non-hydrogen) atoms. The van der Waals surface area contributed by atoms with E-state index in [1.54, 1.807) is 13.3 Å². The Morgan fingerprint density at radius 3 is 2.47 bits per heavy atom. The zero-order valence-corrected chi connectivity index (χ0v) is 20.9. The lowest BCUT2D eigenvalue weighted by Gasteiger charge is -2.36. The van der Waals surface area contributed by atoms with Gasteiger partial charge in [0.25, 0.3) is 5.91 Å². The summed E-state index contributed by atoms with van der Waals surface area (Å²) < 4.78 is 11.2. The van der Waals surface area contributed by atoms with Crippen molar-refractivity contribution in [1.82, 2.24) is 14.8 Å². The topological polar surface area (TPSA) is 80.9 Å². The average molecular weight is 487 g/mol. The van der Waals surface area contributed by atoms with Gasteiger partial charge in [-0.2, -0.15) is 0 Å². The minimum Gasteiger partial charge on any atom is -0.497 e. The molecule has 1 aromatic heterocycles. The highest BCUT2D eigenvalue weighted by molar-refractivity contribution is 5.94. The molecule has 0 atom stereocenters. The quantitative estimate of drug-likeness (QED) is 0.525. The molecule has 0 aliphatic carbocycles. The summed E-state index contributed by atoms with van der Waals surface area (Å²) in [6.45, 7) is 4.45. The van der Waals surface area contributed by atoms with Crippen LogP contribution in [0.15, 0.2) is 60.8 Å². The predicted molar refractivity (Wildman–Crippen MR) is 141 cm³/mol. The Morgan fingerprint density at radius 2 is 1.75 bits per heavy atom. The van der Waals surface area contributed by atoms with E-state index in [4.69, 9.17) is 15.2 Å². The molecule has 188 valence electrons. The van der Waals surface area contributed by atoms with Crippen molar-refractivity contribution in [2.45, 2.75) is 38.3 Å². The zero-order valence-electron chi connectivity index (χ0n) is 20.9. The van der Waals surface area contributed by atoms with Gasteiger partial charge in [-0.15, -0.1) is 0 Å². The Morgan fingerprint density at radius 1 is 1.00 bits per heavy atom. The van der Waals surface area contributed by atoms with Gasteiger partial charge >= 0.3 is 0 Å². The van der Waals surface area contributed by atoms with Crippen LogP contribution in [0.1, 0.15) is 41.6 Å². The summed E-state index contributed by atoms with van der Waals surface area (Å²) in [5.74, 6) is 1.75. The lowest BCUT2D eigenvalue weighted by Crippen LogP contribution is -2.45. The van der Waals surface area contributed by atoms with E-state index in [9.17, 15) is 4.79 Å². The maximum atomic E-state index is 13.1. The number of rotatable bonds is 7. The number of hydrogen-bond acceptors (Lipinski definition) is 6. The van der Waals surface area contributed by atoms with Crippen molar-refractivity contribution >= 4 is 11.7 Å². The van der Waals surface area contributed by atoms with Gasteiger partial charge in [-0.05, 0) is 80.2 Å². The highest BCUT2D eigenvalue weighted by atomic mass is 16.5. The maximum Gasteiger partial charge on any atom is 0.253 e. The first kappa shape index (κ1) is 24.1. The molecule has 2 aromatic carbocycles. The Labute approximate surface area is 212 Å². The Bertz CT molecular complexity index is 1180. The summed E-state index contributed by atoms with van der Waals surface area (Å²) in [4.78, 5) is 22.0. The van der Waals surface area contributed by atoms with Gasteiger partial charge in [0.05, 0.1) is 7.11 Å². The number of carbonyl (C=O) groups is 1. The second-order valence-corrected chi connectivity index (χ2v) is 9.59. The van der Waals surface area contributed by atoms with Crippen LogP contribution in [0.5, 0.6) is 11.5 Å². The van der Waals surface area contributed by atoms with Crippen LogP contribution < -0.4 is 15.2 Å². The SMILES string of the molecule is COc1cccc(COc2cc(-c3ccc(C(=O)N4CCC(N5CCCC5)CC4)cc3)cnc2N)c1. The molecule has 7 heteroatoms. The molecule has 0 bridgehead atoms. The monoisotopic (exact) mass is 486 g/mol. The number of benzene rings is 2. The van der Waals surface area contributed by atoms with Crippen molar-refractivity contribution in [2.24, 2.45) is 0 Å². The second kappa shape index (κ2) is 11.0. The highest BCUT2D eigenvalue weighted by Crippen LogP contribution is 2.29. The normalized spacial score (nSPS) is 16.8. The van der Waals surface area contributed by atoms with Crippen LogP contribution in [0.2, 0.25) is 0 Å². The number of nitrogens with zero attached hydrogens (tertiary/aromatic N) is 3. The molecule has 0 unspecified atom stereocenters. The van der Waals surface area contributed by atoms with Crippen LogP contribution >= 0.6 is 0 Å². The summed E-state index contributed by atoms with van der Waals surface area (Å²) >= 11 is 0. The minimum absolute atomic E-state index is 0.110. The van der Waals surface area contributed by atoms with E-state index in [1.165, 1.54) is 25.9 Å². The van der Waals surface area contributed by atoms with Crippen LogP contribution in [-0.2, 0) is 6.61 Å². The van der Waals surface area contributed by atoms with E-state index in [2.05, 4.69) is 9.88 Å². The predicted octanol–water partition coefficient (Wildman–Crippen LogP) is 4.62. The third-order valence-electron chi connectivity index (χ3n) is 7.28. The molecule has 2 N–H and O–H groups in total. The molecular weight excluding hydrogens is 452 g/mol. The number of amides is 1. The molecule has 2 aliphatic rings. The van der Waals surface area contributed by atoms with Crippen LogP contribution in [0.4, 0.5) is 5.82 Å². The van der Waals surface area contributed by atoms with Crippen LogP contribution in [0.25, 0.3) is 11.1 Å². The molecule has 7 nitrogen and oxygen atoms in total. The molecule has 3 aromatic rings. The number of anilines is 1. The summed E-state index contributed by atoms with van der Waals surface area (Å²) in [7, 11) is 1.64. The van der Waals surface area contributed by atoms with E-state index >= 15 is 0 Å². The minimum atomic E-state index is 0.110. The standard InChI is InChI=1S/C29H34N4O3/c1-35-26-6-4-5-21(17-26)20-36-27-18-24(19-31-28(27)30)22-7-9-23(10-8-22)29(34)33-15-11-25(12-16-33)32-13-2-3-14-32/h4-10,17-19,25H,2-3,11-16,20H2,1H3,(H2,30,31). The lowest BCUT2D eigenvalue weighted by atomic mass is 10.0. The van der Waals surface area contributed by atoms with E-state index in [1.807, 2.05) is 59.5 Å². The van der Waals surface area contributed by atoms with Crippen molar-refractivity contribution in [3.63, 3.8) is 0 Å². The van der Waals surface area contributed by atoms with Crippen molar-refractivity contribution in [1.29, 1.82) is 0 Å². The van der Waals surface area contributed by atoms with E-state index in [0.29, 0.717) is 24.2 Å². The smallest absolute Gasteiger partial charge is 0.253 e.